The van der Waals surface area contributed by atoms with E-state index >= 15 is 0 Å². The number of rotatable bonds is 4. The number of hydrogen-bond donors (Lipinski definition) is 1. The molecule has 5 rings (SSSR count). The van der Waals surface area contributed by atoms with E-state index in [1.807, 2.05) is 60.4 Å². The van der Waals surface area contributed by atoms with Gasteiger partial charge in [-0.2, -0.15) is 0 Å². The van der Waals surface area contributed by atoms with Crippen LogP contribution in [0.3, 0.4) is 0 Å². The summed E-state index contributed by atoms with van der Waals surface area (Å²) in [4.78, 5) is 6.51. The molecule has 0 amide bonds. The minimum Gasteiger partial charge on any atom is -0.459 e. The predicted molar refractivity (Wildman–Crippen MR) is 133 cm³/mol. The monoisotopic (exact) mass is 477 g/mol. The van der Waals surface area contributed by atoms with Gasteiger partial charge in [0.2, 0.25) is 0 Å². The molecule has 0 spiro atoms. The van der Waals surface area contributed by atoms with Crippen molar-refractivity contribution in [2.75, 3.05) is 4.90 Å². The van der Waals surface area contributed by atoms with Gasteiger partial charge in [-0.05, 0) is 85.7 Å². The summed E-state index contributed by atoms with van der Waals surface area (Å²) < 4.78 is 20.3. The number of benzene rings is 2. The predicted octanol–water partition coefficient (Wildman–Crippen LogP) is 6.93. The number of anilines is 1. The van der Waals surface area contributed by atoms with Crippen molar-refractivity contribution in [3.05, 3.63) is 106 Å². The van der Waals surface area contributed by atoms with Crippen molar-refractivity contribution in [2.45, 2.75) is 25.9 Å². The van der Waals surface area contributed by atoms with Gasteiger partial charge in [-0.1, -0.05) is 29.8 Å². The molecular formula is C26H21ClFN3OS. The van der Waals surface area contributed by atoms with Gasteiger partial charge >= 0.3 is 0 Å². The maximum atomic E-state index is 14.0. The van der Waals surface area contributed by atoms with E-state index < -0.39 is 0 Å². The first kappa shape index (κ1) is 21.6. The highest BCUT2D eigenvalue weighted by Gasteiger charge is 2.42. The zero-order valence-corrected chi connectivity index (χ0v) is 19.6. The largest absolute Gasteiger partial charge is 0.459 e. The second-order valence-electron chi connectivity index (χ2n) is 8.10. The second kappa shape index (κ2) is 8.61. The smallest absolute Gasteiger partial charge is 0.174 e. The van der Waals surface area contributed by atoms with E-state index in [1.54, 1.807) is 25.3 Å². The maximum absolute atomic E-state index is 14.0. The van der Waals surface area contributed by atoms with Crippen LogP contribution in [0.25, 0.3) is 11.3 Å². The highest BCUT2D eigenvalue weighted by atomic mass is 35.5. The molecule has 0 saturated carbocycles. The molecule has 3 heterocycles. The summed E-state index contributed by atoms with van der Waals surface area (Å²) in [6, 6.07) is 19.9. The van der Waals surface area contributed by atoms with E-state index in [9.17, 15) is 4.39 Å². The van der Waals surface area contributed by atoms with Gasteiger partial charge in [0, 0.05) is 22.5 Å². The quantitative estimate of drug-likeness (QED) is 0.323. The Morgan fingerprint density at radius 2 is 1.88 bits per heavy atom. The van der Waals surface area contributed by atoms with E-state index in [1.165, 1.54) is 6.07 Å². The zero-order chi connectivity index (χ0) is 23.1. The highest BCUT2D eigenvalue weighted by Crippen LogP contribution is 2.43. The van der Waals surface area contributed by atoms with Crippen LogP contribution in [0.4, 0.5) is 10.1 Å². The lowest BCUT2D eigenvalue weighted by Crippen LogP contribution is -2.29. The molecular weight excluding hydrogens is 457 g/mol. The number of hydrogen-bond acceptors (Lipinski definition) is 3. The van der Waals surface area contributed by atoms with Crippen molar-refractivity contribution in [1.29, 1.82) is 0 Å². The van der Waals surface area contributed by atoms with Crippen LogP contribution < -0.4 is 10.2 Å². The molecule has 1 saturated heterocycles. The summed E-state index contributed by atoms with van der Waals surface area (Å²) in [5.74, 6) is 1.16. The van der Waals surface area contributed by atoms with E-state index in [0.717, 1.165) is 22.5 Å². The summed E-state index contributed by atoms with van der Waals surface area (Å²) in [5, 5.41) is 4.60. The number of halogens is 2. The Kier molecular flexibility index (Phi) is 5.64. The second-order valence-corrected chi connectivity index (χ2v) is 8.89. The van der Waals surface area contributed by atoms with E-state index in [2.05, 4.69) is 10.3 Å². The number of aryl methyl sites for hydroxylation is 2. The SMILES string of the molecule is Cc1cc(N2C(=S)N[C@@H](c3ccccn3)[C@@H]2c2ccc(-c3ccc(C)c(Cl)c3)o2)ccc1F. The molecule has 0 radical (unpaired) electrons. The van der Waals surface area contributed by atoms with E-state index in [0.29, 0.717) is 27.2 Å². The molecule has 1 N–H and O–H groups in total. The molecule has 4 nitrogen and oxygen atoms in total. The number of aromatic nitrogens is 1. The summed E-state index contributed by atoms with van der Waals surface area (Å²) in [6.45, 7) is 3.70. The third kappa shape index (κ3) is 4.01. The summed E-state index contributed by atoms with van der Waals surface area (Å²) in [7, 11) is 0. The van der Waals surface area contributed by atoms with Crippen molar-refractivity contribution in [1.82, 2.24) is 10.3 Å². The van der Waals surface area contributed by atoms with E-state index in [-0.39, 0.29) is 17.9 Å². The van der Waals surface area contributed by atoms with Crippen molar-refractivity contribution < 1.29 is 8.81 Å². The fraction of sp³-hybridized carbons (Fsp3) is 0.154. The third-order valence-corrected chi connectivity index (χ3v) is 6.61. The molecule has 2 aromatic heterocycles. The standard InChI is InChI=1S/C26H21ClFN3OS/c1-15-6-7-17(14-19(15)27)22-10-11-23(32-22)25-24(21-5-3-4-12-29-21)30-26(33)31(25)18-8-9-20(28)16(2)13-18/h3-14,24-25H,1-2H3,(H,30,33)/t24-,25-/m0/s1. The first-order valence-corrected chi connectivity index (χ1v) is 11.3. The Bertz CT molecular complexity index is 1340. The number of nitrogens with one attached hydrogen (secondary N) is 1. The molecule has 2 atom stereocenters. The summed E-state index contributed by atoms with van der Waals surface area (Å²) in [5.41, 5.74) is 4.06. The van der Waals surface area contributed by atoms with Gasteiger partial charge in [-0.15, -0.1) is 0 Å². The van der Waals surface area contributed by atoms with Gasteiger partial charge in [-0.3, -0.25) is 4.98 Å². The molecule has 0 unspecified atom stereocenters. The average molecular weight is 478 g/mol. The van der Waals surface area contributed by atoms with Gasteiger partial charge in [-0.25, -0.2) is 4.39 Å². The van der Waals surface area contributed by atoms with Crippen LogP contribution in [0.15, 0.2) is 77.3 Å². The van der Waals surface area contributed by atoms with Gasteiger partial charge in [0.1, 0.15) is 23.4 Å². The van der Waals surface area contributed by atoms with Crippen LogP contribution in [0.5, 0.6) is 0 Å². The molecule has 7 heteroatoms. The molecule has 1 fully saturated rings. The molecule has 2 aromatic carbocycles. The normalized spacial score (nSPS) is 17.9. The number of thiocarbonyl (C=S) groups is 1. The molecule has 1 aliphatic rings. The number of pyridine rings is 1. The van der Waals surface area contributed by atoms with Crippen LogP contribution in [0.2, 0.25) is 5.02 Å². The van der Waals surface area contributed by atoms with Gasteiger partial charge in [0.25, 0.3) is 0 Å². The Balaban J connectivity index is 1.61. The Labute approximate surface area is 202 Å². The lowest BCUT2D eigenvalue weighted by atomic mass is 10.0. The molecule has 166 valence electrons. The Hall–Kier alpha value is -3.22. The van der Waals surface area contributed by atoms with E-state index in [4.69, 9.17) is 28.2 Å². The van der Waals surface area contributed by atoms with Crippen LogP contribution >= 0.6 is 23.8 Å². The van der Waals surface area contributed by atoms with Gasteiger partial charge in [0.05, 0.1) is 11.7 Å². The van der Waals surface area contributed by atoms with Crippen molar-refractivity contribution in [2.24, 2.45) is 0 Å². The minimum atomic E-state index is -0.313. The van der Waals surface area contributed by atoms with Gasteiger partial charge < -0.3 is 14.6 Å². The van der Waals surface area contributed by atoms with Gasteiger partial charge in [0.15, 0.2) is 5.11 Å². The van der Waals surface area contributed by atoms with Crippen molar-refractivity contribution in [3.63, 3.8) is 0 Å². The number of furan rings is 1. The average Bonchev–Trinajstić information content (AvgIpc) is 3.43. The zero-order valence-electron chi connectivity index (χ0n) is 18.0. The highest BCUT2D eigenvalue weighted by molar-refractivity contribution is 7.80. The van der Waals surface area contributed by atoms with Crippen LogP contribution in [0, 0.1) is 19.7 Å². The Morgan fingerprint density at radius 3 is 2.61 bits per heavy atom. The summed E-state index contributed by atoms with van der Waals surface area (Å²) >= 11 is 12.1. The minimum absolute atomic E-state index is 0.246. The van der Waals surface area contributed by atoms with Crippen LogP contribution in [-0.4, -0.2) is 10.1 Å². The van der Waals surface area contributed by atoms with Crippen LogP contribution in [-0.2, 0) is 0 Å². The number of nitrogens with zero attached hydrogens (tertiary/aromatic N) is 2. The molecule has 0 aliphatic carbocycles. The molecule has 1 aliphatic heterocycles. The lowest BCUT2D eigenvalue weighted by Gasteiger charge is -2.26. The van der Waals surface area contributed by atoms with Crippen molar-refractivity contribution >= 4 is 34.6 Å². The molecule has 0 bridgehead atoms. The van der Waals surface area contributed by atoms with Crippen molar-refractivity contribution in [3.8, 4) is 11.3 Å². The summed E-state index contributed by atoms with van der Waals surface area (Å²) in [6.07, 6.45) is 1.75. The van der Waals surface area contributed by atoms with Crippen LogP contribution in [0.1, 0.15) is 34.7 Å². The Morgan fingerprint density at radius 1 is 1.03 bits per heavy atom. The first-order chi connectivity index (χ1) is 15.9. The lowest BCUT2D eigenvalue weighted by molar-refractivity contribution is 0.439. The maximum Gasteiger partial charge on any atom is 0.174 e. The molecule has 33 heavy (non-hydrogen) atoms. The molecule has 4 aromatic rings. The third-order valence-electron chi connectivity index (χ3n) is 5.89. The topological polar surface area (TPSA) is 41.3 Å². The first-order valence-electron chi connectivity index (χ1n) is 10.6. The fourth-order valence-electron chi connectivity index (χ4n) is 4.11. The fourth-order valence-corrected chi connectivity index (χ4v) is 4.64.